The van der Waals surface area contributed by atoms with Crippen molar-refractivity contribution in [2.75, 3.05) is 5.73 Å². The first-order valence-corrected chi connectivity index (χ1v) is 4.10. The summed E-state index contributed by atoms with van der Waals surface area (Å²) in [6.07, 6.45) is 3.71. The van der Waals surface area contributed by atoms with Gasteiger partial charge in [-0.05, 0) is 24.3 Å². The lowest BCUT2D eigenvalue weighted by molar-refractivity contribution is 0.925. The van der Waals surface area contributed by atoms with Crippen LogP contribution in [0.3, 0.4) is 0 Å². The second kappa shape index (κ2) is 2.94. The molecule has 0 aliphatic heterocycles. The molecular formula is C10H11N3. The van der Waals surface area contributed by atoms with Gasteiger partial charge in [0.2, 0.25) is 0 Å². The van der Waals surface area contributed by atoms with E-state index in [9.17, 15) is 0 Å². The summed E-state index contributed by atoms with van der Waals surface area (Å²) in [7, 11) is 1.97. The van der Waals surface area contributed by atoms with Gasteiger partial charge in [0.05, 0.1) is 0 Å². The fourth-order valence-electron chi connectivity index (χ4n) is 1.28. The van der Waals surface area contributed by atoms with E-state index >= 15 is 0 Å². The van der Waals surface area contributed by atoms with Crippen molar-refractivity contribution in [2.45, 2.75) is 0 Å². The number of aromatic nitrogens is 2. The molecule has 0 unspecified atom stereocenters. The molecule has 3 heteroatoms. The Morgan fingerprint density at radius 2 is 1.92 bits per heavy atom. The van der Waals surface area contributed by atoms with E-state index in [0.717, 1.165) is 17.1 Å². The molecule has 0 atom stereocenters. The molecule has 1 aromatic carbocycles. The Hall–Kier alpha value is -1.77. The molecule has 0 saturated heterocycles. The summed E-state index contributed by atoms with van der Waals surface area (Å²) in [6.45, 7) is 0. The lowest BCUT2D eigenvalue weighted by Gasteiger charge is -2.01. The Morgan fingerprint density at radius 1 is 1.23 bits per heavy atom. The van der Waals surface area contributed by atoms with E-state index in [2.05, 4.69) is 4.98 Å². The first-order valence-electron chi connectivity index (χ1n) is 4.10. The largest absolute Gasteiger partial charge is 0.399 e. The zero-order valence-electron chi connectivity index (χ0n) is 7.44. The summed E-state index contributed by atoms with van der Waals surface area (Å²) < 4.78 is 1.98. The van der Waals surface area contributed by atoms with Crippen LogP contribution >= 0.6 is 0 Å². The minimum absolute atomic E-state index is 0.776. The number of rotatable bonds is 1. The molecule has 1 aromatic heterocycles. The van der Waals surface area contributed by atoms with Gasteiger partial charge in [-0.3, -0.25) is 0 Å². The van der Waals surface area contributed by atoms with Crippen molar-refractivity contribution in [3.63, 3.8) is 0 Å². The Balaban J connectivity index is 2.47. The van der Waals surface area contributed by atoms with Gasteiger partial charge in [-0.25, -0.2) is 4.98 Å². The summed E-state index contributed by atoms with van der Waals surface area (Å²) in [5.74, 6) is 0.958. The van der Waals surface area contributed by atoms with Crippen molar-refractivity contribution in [3.05, 3.63) is 36.7 Å². The smallest absolute Gasteiger partial charge is 0.139 e. The molecule has 2 aromatic rings. The summed E-state index contributed by atoms with van der Waals surface area (Å²) in [5.41, 5.74) is 7.45. The SMILES string of the molecule is Cn1ccnc1-c1ccc(N)cc1. The first-order chi connectivity index (χ1) is 6.27. The molecule has 0 aliphatic carbocycles. The van der Waals surface area contributed by atoms with Crippen molar-refractivity contribution in [1.29, 1.82) is 0 Å². The van der Waals surface area contributed by atoms with Crippen LogP contribution in [0.2, 0.25) is 0 Å². The Labute approximate surface area is 76.8 Å². The van der Waals surface area contributed by atoms with Gasteiger partial charge in [0.25, 0.3) is 0 Å². The molecule has 0 saturated carbocycles. The van der Waals surface area contributed by atoms with Gasteiger partial charge in [-0.2, -0.15) is 0 Å². The molecule has 13 heavy (non-hydrogen) atoms. The standard InChI is InChI=1S/C10H11N3/c1-13-7-6-12-10(13)8-2-4-9(11)5-3-8/h2-7H,11H2,1H3. The molecule has 0 amide bonds. The van der Waals surface area contributed by atoms with Gasteiger partial charge in [0.15, 0.2) is 0 Å². The van der Waals surface area contributed by atoms with Gasteiger partial charge < -0.3 is 10.3 Å². The molecule has 0 fully saturated rings. The topological polar surface area (TPSA) is 43.8 Å². The number of benzene rings is 1. The average molecular weight is 173 g/mol. The van der Waals surface area contributed by atoms with Gasteiger partial charge in [0, 0.05) is 30.7 Å². The minimum Gasteiger partial charge on any atom is -0.399 e. The van der Waals surface area contributed by atoms with Crippen molar-refractivity contribution in [3.8, 4) is 11.4 Å². The number of imidazole rings is 1. The van der Waals surface area contributed by atoms with Crippen molar-refractivity contribution < 1.29 is 0 Å². The van der Waals surface area contributed by atoms with Crippen LogP contribution in [0.1, 0.15) is 0 Å². The van der Waals surface area contributed by atoms with E-state index in [1.54, 1.807) is 6.20 Å². The highest BCUT2D eigenvalue weighted by molar-refractivity contribution is 5.58. The van der Waals surface area contributed by atoms with Gasteiger partial charge in [-0.15, -0.1) is 0 Å². The Kier molecular flexibility index (Phi) is 1.77. The predicted octanol–water partition coefficient (Wildman–Crippen LogP) is 1.67. The van der Waals surface area contributed by atoms with Crippen LogP contribution in [0, 0.1) is 0 Å². The number of nitrogens with zero attached hydrogens (tertiary/aromatic N) is 2. The third-order valence-corrected chi connectivity index (χ3v) is 1.99. The zero-order valence-corrected chi connectivity index (χ0v) is 7.44. The fraction of sp³-hybridized carbons (Fsp3) is 0.100. The summed E-state index contributed by atoms with van der Waals surface area (Å²) >= 11 is 0. The second-order valence-electron chi connectivity index (χ2n) is 2.98. The lowest BCUT2D eigenvalue weighted by Crippen LogP contribution is -1.91. The molecule has 0 spiro atoms. The van der Waals surface area contributed by atoms with Gasteiger partial charge in [0.1, 0.15) is 5.82 Å². The predicted molar refractivity (Wildman–Crippen MR) is 53.1 cm³/mol. The highest BCUT2D eigenvalue weighted by Gasteiger charge is 2.01. The van der Waals surface area contributed by atoms with Crippen LogP contribution in [0.4, 0.5) is 5.69 Å². The molecule has 2 N–H and O–H groups in total. The molecule has 2 rings (SSSR count). The van der Waals surface area contributed by atoms with Gasteiger partial charge in [-0.1, -0.05) is 0 Å². The van der Waals surface area contributed by atoms with E-state index in [4.69, 9.17) is 5.73 Å². The van der Waals surface area contributed by atoms with E-state index < -0.39 is 0 Å². The number of aryl methyl sites for hydroxylation is 1. The highest BCUT2D eigenvalue weighted by atomic mass is 15.0. The van der Waals surface area contributed by atoms with E-state index in [-0.39, 0.29) is 0 Å². The Morgan fingerprint density at radius 3 is 2.46 bits per heavy atom. The lowest BCUT2D eigenvalue weighted by atomic mass is 10.2. The zero-order chi connectivity index (χ0) is 9.26. The highest BCUT2D eigenvalue weighted by Crippen LogP contribution is 2.17. The van der Waals surface area contributed by atoms with Crippen LogP contribution in [0.5, 0.6) is 0 Å². The van der Waals surface area contributed by atoms with Crippen molar-refractivity contribution >= 4 is 5.69 Å². The normalized spacial score (nSPS) is 10.2. The van der Waals surface area contributed by atoms with E-state index in [0.29, 0.717) is 0 Å². The number of anilines is 1. The first kappa shape index (κ1) is 7.86. The number of hydrogen-bond acceptors (Lipinski definition) is 2. The van der Waals surface area contributed by atoms with Crippen LogP contribution < -0.4 is 5.73 Å². The second-order valence-corrected chi connectivity index (χ2v) is 2.98. The maximum absolute atomic E-state index is 5.59. The molecule has 0 aliphatic rings. The molecular weight excluding hydrogens is 162 g/mol. The molecule has 0 bridgehead atoms. The van der Waals surface area contributed by atoms with Gasteiger partial charge >= 0.3 is 0 Å². The summed E-state index contributed by atoms with van der Waals surface area (Å²) in [5, 5.41) is 0. The Bertz CT molecular complexity index is 400. The van der Waals surface area contributed by atoms with E-state index in [1.165, 1.54) is 0 Å². The third-order valence-electron chi connectivity index (χ3n) is 1.99. The quantitative estimate of drug-likeness (QED) is 0.666. The summed E-state index contributed by atoms with van der Waals surface area (Å²) in [4.78, 5) is 4.24. The average Bonchev–Trinajstić information content (AvgIpc) is 2.53. The van der Waals surface area contributed by atoms with Crippen LogP contribution in [-0.4, -0.2) is 9.55 Å². The van der Waals surface area contributed by atoms with Crippen LogP contribution in [0.25, 0.3) is 11.4 Å². The number of nitrogen functional groups attached to an aromatic ring is 1. The molecule has 66 valence electrons. The van der Waals surface area contributed by atoms with Crippen LogP contribution in [0.15, 0.2) is 36.7 Å². The monoisotopic (exact) mass is 173 g/mol. The minimum atomic E-state index is 0.776. The summed E-state index contributed by atoms with van der Waals surface area (Å²) in [6, 6.07) is 7.70. The number of nitrogens with two attached hydrogens (primary N) is 1. The maximum atomic E-state index is 5.59. The molecule has 1 heterocycles. The van der Waals surface area contributed by atoms with E-state index in [1.807, 2.05) is 42.1 Å². The van der Waals surface area contributed by atoms with Crippen molar-refractivity contribution in [2.24, 2.45) is 7.05 Å². The number of hydrogen-bond donors (Lipinski definition) is 1. The fourth-order valence-corrected chi connectivity index (χ4v) is 1.28. The molecule has 0 radical (unpaired) electrons. The van der Waals surface area contributed by atoms with Crippen molar-refractivity contribution in [1.82, 2.24) is 9.55 Å². The van der Waals surface area contributed by atoms with Crippen LogP contribution in [-0.2, 0) is 7.05 Å². The molecule has 3 nitrogen and oxygen atoms in total. The maximum Gasteiger partial charge on any atom is 0.139 e. The third kappa shape index (κ3) is 1.40.